The van der Waals surface area contributed by atoms with Crippen LogP contribution in [-0.2, 0) is 13.0 Å². The molecule has 1 aromatic heterocycles. The molecule has 0 bridgehead atoms. The fourth-order valence-corrected chi connectivity index (χ4v) is 2.16. The number of benzene rings is 1. The molecular formula is C16H22N4O. The van der Waals surface area contributed by atoms with E-state index in [9.17, 15) is 0 Å². The molecule has 0 fully saturated rings. The predicted molar refractivity (Wildman–Crippen MR) is 84.5 cm³/mol. The fourth-order valence-electron chi connectivity index (χ4n) is 2.16. The van der Waals surface area contributed by atoms with Crippen LogP contribution in [0.2, 0.25) is 0 Å². The number of para-hydroxylation sites is 1. The summed E-state index contributed by atoms with van der Waals surface area (Å²) in [4.78, 5) is 10.8. The molecule has 1 heterocycles. The minimum atomic E-state index is 0.255. The number of nitrogens with zero attached hydrogens (tertiary/aromatic N) is 3. The Balaban J connectivity index is 2.09. The lowest BCUT2D eigenvalue weighted by Gasteiger charge is -2.25. The first kappa shape index (κ1) is 15.3. The number of hydrogen-bond acceptors (Lipinski definition) is 5. The van der Waals surface area contributed by atoms with Crippen LogP contribution in [0.5, 0.6) is 5.75 Å². The van der Waals surface area contributed by atoms with Crippen LogP contribution in [0.4, 0.5) is 5.95 Å². The van der Waals surface area contributed by atoms with Crippen LogP contribution in [0.25, 0.3) is 0 Å². The molecule has 0 saturated heterocycles. The summed E-state index contributed by atoms with van der Waals surface area (Å²) in [6, 6.07) is 8.32. The summed E-state index contributed by atoms with van der Waals surface area (Å²) in [6.45, 7) is 2.60. The standard InChI is InChI=1S/C16H22N4O/c1-12(8-14-6-4-5-7-15(14)21-3)20(2)16-18-10-13(9-17)11-19-16/h4-7,10-12H,8-9,17H2,1-3H3. The van der Waals surface area contributed by atoms with Gasteiger partial charge in [0.25, 0.3) is 0 Å². The fraction of sp³-hybridized carbons (Fsp3) is 0.375. The maximum atomic E-state index is 5.56. The van der Waals surface area contributed by atoms with E-state index < -0.39 is 0 Å². The van der Waals surface area contributed by atoms with Crippen molar-refractivity contribution in [2.75, 3.05) is 19.1 Å². The van der Waals surface area contributed by atoms with Gasteiger partial charge in [0.2, 0.25) is 5.95 Å². The predicted octanol–water partition coefficient (Wildman–Crippen LogP) is 2.01. The van der Waals surface area contributed by atoms with Gasteiger partial charge in [0.1, 0.15) is 5.75 Å². The van der Waals surface area contributed by atoms with Crippen LogP contribution >= 0.6 is 0 Å². The van der Waals surface area contributed by atoms with Gasteiger partial charge in [-0.25, -0.2) is 9.97 Å². The normalized spacial score (nSPS) is 12.0. The van der Waals surface area contributed by atoms with Gasteiger partial charge in [-0.2, -0.15) is 0 Å². The van der Waals surface area contributed by atoms with E-state index in [1.807, 2.05) is 25.2 Å². The summed E-state index contributed by atoms with van der Waals surface area (Å²) in [5.41, 5.74) is 7.68. The Morgan fingerprint density at radius 1 is 1.24 bits per heavy atom. The van der Waals surface area contributed by atoms with Gasteiger partial charge in [0, 0.05) is 37.6 Å². The lowest BCUT2D eigenvalue weighted by atomic mass is 10.1. The number of hydrogen-bond donors (Lipinski definition) is 1. The molecule has 21 heavy (non-hydrogen) atoms. The molecule has 5 heteroatoms. The van der Waals surface area contributed by atoms with Gasteiger partial charge < -0.3 is 15.4 Å². The largest absolute Gasteiger partial charge is 0.496 e. The monoisotopic (exact) mass is 286 g/mol. The first-order chi connectivity index (χ1) is 10.2. The lowest BCUT2D eigenvalue weighted by Crippen LogP contribution is -2.32. The molecule has 2 aromatic rings. The second-order valence-electron chi connectivity index (χ2n) is 5.07. The molecule has 2 rings (SSSR count). The second kappa shape index (κ2) is 7.04. The maximum absolute atomic E-state index is 5.56. The zero-order valence-electron chi connectivity index (χ0n) is 12.8. The van der Waals surface area contributed by atoms with Crippen LogP contribution in [0.1, 0.15) is 18.1 Å². The molecule has 2 N–H and O–H groups in total. The molecule has 0 aliphatic rings. The van der Waals surface area contributed by atoms with Crippen molar-refractivity contribution >= 4 is 5.95 Å². The number of methoxy groups -OCH3 is 1. The van der Waals surface area contributed by atoms with Crippen LogP contribution in [0.15, 0.2) is 36.7 Å². The third kappa shape index (κ3) is 3.70. The van der Waals surface area contributed by atoms with Crippen LogP contribution in [0.3, 0.4) is 0 Å². The Labute approximate surface area is 125 Å². The van der Waals surface area contributed by atoms with Crippen molar-refractivity contribution in [1.29, 1.82) is 0 Å². The number of anilines is 1. The van der Waals surface area contributed by atoms with E-state index >= 15 is 0 Å². The van der Waals surface area contributed by atoms with Crippen molar-refractivity contribution in [3.8, 4) is 5.75 Å². The van der Waals surface area contributed by atoms with Crippen molar-refractivity contribution in [3.63, 3.8) is 0 Å². The van der Waals surface area contributed by atoms with E-state index in [1.165, 1.54) is 5.56 Å². The highest BCUT2D eigenvalue weighted by Gasteiger charge is 2.15. The summed E-state index contributed by atoms with van der Waals surface area (Å²) in [5, 5.41) is 0. The smallest absolute Gasteiger partial charge is 0.225 e. The number of aromatic nitrogens is 2. The third-order valence-corrected chi connectivity index (χ3v) is 3.61. The van der Waals surface area contributed by atoms with Crippen molar-refractivity contribution in [2.45, 2.75) is 25.9 Å². The van der Waals surface area contributed by atoms with E-state index in [2.05, 4.69) is 27.9 Å². The minimum absolute atomic E-state index is 0.255. The molecule has 1 aromatic carbocycles. The molecule has 0 spiro atoms. The summed E-state index contributed by atoms with van der Waals surface area (Å²) >= 11 is 0. The van der Waals surface area contributed by atoms with Gasteiger partial charge in [-0.15, -0.1) is 0 Å². The van der Waals surface area contributed by atoms with Crippen LogP contribution in [0, 0.1) is 0 Å². The van der Waals surface area contributed by atoms with Crippen molar-refractivity contribution < 1.29 is 4.74 Å². The minimum Gasteiger partial charge on any atom is -0.496 e. The Morgan fingerprint density at radius 3 is 2.52 bits per heavy atom. The first-order valence-corrected chi connectivity index (χ1v) is 7.01. The second-order valence-corrected chi connectivity index (χ2v) is 5.07. The van der Waals surface area contributed by atoms with Gasteiger partial charge in [-0.1, -0.05) is 18.2 Å². The number of rotatable bonds is 6. The van der Waals surface area contributed by atoms with E-state index in [0.717, 1.165) is 17.7 Å². The van der Waals surface area contributed by atoms with E-state index in [0.29, 0.717) is 12.5 Å². The van der Waals surface area contributed by atoms with E-state index in [1.54, 1.807) is 19.5 Å². The summed E-state index contributed by atoms with van der Waals surface area (Å²) in [7, 11) is 3.69. The van der Waals surface area contributed by atoms with Gasteiger partial charge in [-0.3, -0.25) is 0 Å². The summed E-state index contributed by atoms with van der Waals surface area (Å²) < 4.78 is 5.40. The summed E-state index contributed by atoms with van der Waals surface area (Å²) in [5.74, 6) is 1.62. The molecule has 0 radical (unpaired) electrons. The van der Waals surface area contributed by atoms with Crippen molar-refractivity contribution in [2.24, 2.45) is 5.73 Å². The molecule has 0 aliphatic heterocycles. The maximum Gasteiger partial charge on any atom is 0.225 e. The molecule has 112 valence electrons. The molecule has 5 nitrogen and oxygen atoms in total. The van der Waals surface area contributed by atoms with Crippen LogP contribution in [-0.4, -0.2) is 30.2 Å². The molecule has 0 amide bonds. The quantitative estimate of drug-likeness (QED) is 0.880. The number of likely N-dealkylation sites (N-methyl/N-ethyl adjacent to an activating group) is 1. The molecular weight excluding hydrogens is 264 g/mol. The Bertz CT molecular complexity index is 571. The first-order valence-electron chi connectivity index (χ1n) is 7.01. The highest BCUT2D eigenvalue weighted by Crippen LogP contribution is 2.21. The SMILES string of the molecule is COc1ccccc1CC(C)N(C)c1ncc(CN)cn1. The Morgan fingerprint density at radius 2 is 1.90 bits per heavy atom. The van der Waals surface area contributed by atoms with Crippen LogP contribution < -0.4 is 15.4 Å². The molecule has 0 saturated carbocycles. The average Bonchev–Trinajstić information content (AvgIpc) is 2.54. The van der Waals surface area contributed by atoms with Crippen molar-refractivity contribution in [3.05, 3.63) is 47.8 Å². The van der Waals surface area contributed by atoms with Gasteiger partial charge >= 0.3 is 0 Å². The van der Waals surface area contributed by atoms with Crippen molar-refractivity contribution in [1.82, 2.24) is 9.97 Å². The summed E-state index contributed by atoms with van der Waals surface area (Å²) in [6.07, 6.45) is 4.41. The Kier molecular flexibility index (Phi) is 5.11. The number of ether oxygens (including phenoxy) is 1. The number of nitrogens with two attached hydrogens (primary N) is 1. The lowest BCUT2D eigenvalue weighted by molar-refractivity contribution is 0.408. The Hall–Kier alpha value is -2.14. The molecule has 1 atom stereocenters. The van der Waals surface area contributed by atoms with E-state index in [4.69, 9.17) is 10.5 Å². The van der Waals surface area contributed by atoms with Gasteiger partial charge in [0.05, 0.1) is 7.11 Å². The third-order valence-electron chi connectivity index (χ3n) is 3.61. The zero-order chi connectivity index (χ0) is 15.2. The average molecular weight is 286 g/mol. The van der Waals surface area contributed by atoms with Gasteiger partial charge in [-0.05, 0) is 25.0 Å². The van der Waals surface area contributed by atoms with E-state index in [-0.39, 0.29) is 6.04 Å². The van der Waals surface area contributed by atoms with Gasteiger partial charge in [0.15, 0.2) is 0 Å². The topological polar surface area (TPSA) is 64.3 Å². The highest BCUT2D eigenvalue weighted by molar-refractivity contribution is 5.36. The molecule has 0 aliphatic carbocycles. The zero-order valence-corrected chi connectivity index (χ0v) is 12.8. The molecule has 1 unspecified atom stereocenters. The highest BCUT2D eigenvalue weighted by atomic mass is 16.5.